The van der Waals surface area contributed by atoms with Gasteiger partial charge in [0.15, 0.2) is 0 Å². The summed E-state index contributed by atoms with van der Waals surface area (Å²) < 4.78 is 5.42. The van der Waals surface area contributed by atoms with Crippen molar-refractivity contribution < 1.29 is 9.53 Å². The summed E-state index contributed by atoms with van der Waals surface area (Å²) in [6.07, 6.45) is 3.86. The van der Waals surface area contributed by atoms with Gasteiger partial charge in [0, 0.05) is 11.3 Å². The zero-order valence-electron chi connectivity index (χ0n) is 13.8. The van der Waals surface area contributed by atoms with Crippen LogP contribution in [0.3, 0.4) is 0 Å². The third kappa shape index (κ3) is 4.78. The summed E-state index contributed by atoms with van der Waals surface area (Å²) in [6.45, 7) is 4.11. The van der Waals surface area contributed by atoms with Crippen molar-refractivity contribution in [2.24, 2.45) is 0 Å². The smallest absolute Gasteiger partial charge is 0.344 e. The molecule has 0 amide bonds. The second-order valence-corrected chi connectivity index (χ2v) is 5.69. The van der Waals surface area contributed by atoms with Gasteiger partial charge in [-0.3, -0.25) is 0 Å². The van der Waals surface area contributed by atoms with Crippen LogP contribution in [0.4, 0.5) is 0 Å². The van der Waals surface area contributed by atoms with Gasteiger partial charge in [0.2, 0.25) is 0 Å². The Labute approximate surface area is 137 Å². The van der Waals surface area contributed by atoms with Gasteiger partial charge in [-0.05, 0) is 44.0 Å². The average molecular weight is 309 g/mol. The first-order valence-electron chi connectivity index (χ1n) is 8.07. The van der Waals surface area contributed by atoms with E-state index in [-0.39, 0.29) is 0 Å². The highest BCUT2D eigenvalue weighted by atomic mass is 16.5. The predicted octanol–water partition coefficient (Wildman–Crippen LogP) is 5.16. The van der Waals surface area contributed by atoms with E-state index in [1.165, 1.54) is 0 Å². The third-order valence-corrected chi connectivity index (χ3v) is 3.70. The number of benzene rings is 2. The summed E-state index contributed by atoms with van der Waals surface area (Å²) in [5.74, 6) is 0.105. The summed E-state index contributed by atoms with van der Waals surface area (Å²) in [4.78, 5) is 12.5. The van der Waals surface area contributed by atoms with Gasteiger partial charge in [0.1, 0.15) is 5.75 Å². The van der Waals surface area contributed by atoms with Crippen LogP contribution < -0.4 is 4.74 Å². The molecule has 0 atom stereocenters. The Morgan fingerprint density at radius 2 is 1.78 bits per heavy atom. The molecular weight excluding hydrogens is 286 g/mol. The topological polar surface area (TPSA) is 50.2 Å². The zero-order valence-corrected chi connectivity index (χ0v) is 13.8. The molecule has 0 saturated heterocycles. The molecule has 0 spiro atoms. The lowest BCUT2D eigenvalue weighted by Gasteiger charge is -2.11. The Morgan fingerprint density at radius 3 is 2.48 bits per heavy atom. The highest BCUT2D eigenvalue weighted by molar-refractivity contribution is 6.08. The number of nitrogens with one attached hydrogen (secondary N) is 1. The molecule has 1 N–H and O–H groups in total. The molecule has 0 saturated carbocycles. The average Bonchev–Trinajstić information content (AvgIpc) is 2.55. The normalized spacial score (nSPS) is 10.3. The highest BCUT2D eigenvalue weighted by Crippen LogP contribution is 2.19. The maximum Gasteiger partial charge on any atom is 0.344 e. The van der Waals surface area contributed by atoms with Gasteiger partial charge in [-0.2, -0.15) is 0 Å². The lowest BCUT2D eigenvalue weighted by Crippen LogP contribution is -2.14. The van der Waals surface area contributed by atoms with Gasteiger partial charge >= 0.3 is 5.97 Å². The summed E-state index contributed by atoms with van der Waals surface area (Å²) in [6, 6.07) is 14.6. The maximum absolute atomic E-state index is 12.5. The number of carbonyl (C=O) groups is 1. The quantitative estimate of drug-likeness (QED) is 0.332. The molecule has 0 unspecified atom stereocenters. The zero-order chi connectivity index (χ0) is 16.7. The van der Waals surface area contributed by atoms with Crippen molar-refractivity contribution in [3.05, 3.63) is 65.2 Å². The van der Waals surface area contributed by atoms with E-state index in [4.69, 9.17) is 10.1 Å². The van der Waals surface area contributed by atoms with E-state index in [2.05, 4.69) is 6.92 Å². The summed E-state index contributed by atoms with van der Waals surface area (Å²) in [7, 11) is 0. The molecule has 0 bridgehead atoms. The molecule has 0 heterocycles. The van der Waals surface area contributed by atoms with Crippen molar-refractivity contribution in [1.29, 1.82) is 5.41 Å². The number of carbonyl (C=O) groups excluding carboxylic acids is 1. The Bertz CT molecular complexity index is 677. The van der Waals surface area contributed by atoms with E-state index in [1.54, 1.807) is 18.2 Å². The molecular formula is C20H23NO2. The van der Waals surface area contributed by atoms with E-state index < -0.39 is 5.97 Å². The minimum absolute atomic E-state index is 0.411. The first-order chi connectivity index (χ1) is 11.1. The second kappa shape index (κ2) is 8.28. The van der Waals surface area contributed by atoms with Gasteiger partial charge in [-0.25, -0.2) is 4.79 Å². The fourth-order valence-corrected chi connectivity index (χ4v) is 2.42. The lowest BCUT2D eigenvalue weighted by atomic mass is 9.97. The predicted molar refractivity (Wildman–Crippen MR) is 93.6 cm³/mol. The Hall–Kier alpha value is -2.42. The molecule has 23 heavy (non-hydrogen) atoms. The summed E-state index contributed by atoms with van der Waals surface area (Å²) in [5.41, 5.74) is 2.68. The molecule has 0 aliphatic rings. The fraction of sp³-hybridized carbons (Fsp3) is 0.300. The highest BCUT2D eigenvalue weighted by Gasteiger charge is 2.16. The second-order valence-electron chi connectivity index (χ2n) is 5.69. The SMILES string of the molecule is CCCCCC(=N)c1cc(C)ccc1C(=O)Oc1ccccc1. The fourth-order valence-electron chi connectivity index (χ4n) is 2.42. The van der Waals surface area contributed by atoms with Crippen LogP contribution in [0.25, 0.3) is 0 Å². The van der Waals surface area contributed by atoms with Crippen molar-refractivity contribution >= 4 is 11.7 Å². The standard InChI is InChI=1S/C20H23NO2/c1-3-4-6-11-19(21)18-14-15(2)12-13-17(18)20(22)23-16-9-7-5-8-10-16/h5,7-10,12-14,21H,3-4,6,11H2,1-2H3. The van der Waals surface area contributed by atoms with E-state index in [9.17, 15) is 4.79 Å². The van der Waals surface area contributed by atoms with Crippen LogP contribution in [0, 0.1) is 12.3 Å². The minimum Gasteiger partial charge on any atom is -0.423 e. The van der Waals surface area contributed by atoms with E-state index in [0.717, 1.165) is 24.8 Å². The number of unbranched alkanes of at least 4 members (excludes halogenated alkanes) is 2. The lowest BCUT2D eigenvalue weighted by molar-refractivity contribution is 0.0734. The van der Waals surface area contributed by atoms with Crippen LogP contribution >= 0.6 is 0 Å². The van der Waals surface area contributed by atoms with Crippen molar-refractivity contribution in [2.45, 2.75) is 39.5 Å². The number of para-hydroxylation sites is 1. The van der Waals surface area contributed by atoms with E-state index in [1.807, 2.05) is 37.3 Å². The molecule has 2 aromatic carbocycles. The van der Waals surface area contributed by atoms with Crippen molar-refractivity contribution in [2.75, 3.05) is 0 Å². The van der Waals surface area contributed by atoms with Gasteiger partial charge in [0.05, 0.1) is 5.56 Å². The van der Waals surface area contributed by atoms with Crippen LogP contribution in [0.15, 0.2) is 48.5 Å². The molecule has 2 aromatic rings. The summed E-state index contributed by atoms with van der Waals surface area (Å²) >= 11 is 0. The largest absolute Gasteiger partial charge is 0.423 e. The Morgan fingerprint density at radius 1 is 1.04 bits per heavy atom. The van der Waals surface area contributed by atoms with Crippen LogP contribution in [-0.2, 0) is 0 Å². The van der Waals surface area contributed by atoms with E-state index >= 15 is 0 Å². The van der Waals surface area contributed by atoms with Gasteiger partial charge < -0.3 is 10.1 Å². The molecule has 3 nitrogen and oxygen atoms in total. The Balaban J connectivity index is 2.20. The number of rotatable bonds is 7. The van der Waals surface area contributed by atoms with Crippen LogP contribution in [0.2, 0.25) is 0 Å². The molecule has 0 radical (unpaired) electrons. The molecule has 0 fully saturated rings. The number of hydrogen-bond acceptors (Lipinski definition) is 3. The van der Waals surface area contributed by atoms with Crippen LogP contribution in [0.1, 0.15) is 54.1 Å². The van der Waals surface area contributed by atoms with Crippen LogP contribution in [-0.4, -0.2) is 11.7 Å². The van der Waals surface area contributed by atoms with Crippen molar-refractivity contribution in [3.63, 3.8) is 0 Å². The molecule has 0 aliphatic heterocycles. The van der Waals surface area contributed by atoms with Gasteiger partial charge in [-0.15, -0.1) is 0 Å². The molecule has 2 rings (SSSR count). The molecule has 0 aromatic heterocycles. The summed E-state index contributed by atoms with van der Waals surface area (Å²) in [5, 5.41) is 8.31. The third-order valence-electron chi connectivity index (χ3n) is 3.70. The van der Waals surface area contributed by atoms with Gasteiger partial charge in [0.25, 0.3) is 0 Å². The monoisotopic (exact) mass is 309 g/mol. The van der Waals surface area contributed by atoms with Crippen molar-refractivity contribution in [3.8, 4) is 5.75 Å². The number of esters is 1. The van der Waals surface area contributed by atoms with Crippen molar-refractivity contribution in [1.82, 2.24) is 0 Å². The minimum atomic E-state index is -0.411. The maximum atomic E-state index is 12.5. The first-order valence-corrected chi connectivity index (χ1v) is 8.07. The molecule has 3 heteroatoms. The van der Waals surface area contributed by atoms with E-state index in [0.29, 0.717) is 29.0 Å². The van der Waals surface area contributed by atoms with Crippen LogP contribution in [0.5, 0.6) is 5.75 Å². The van der Waals surface area contributed by atoms with Gasteiger partial charge in [-0.1, -0.05) is 49.6 Å². The Kier molecular flexibility index (Phi) is 6.10. The number of ether oxygens (including phenoxy) is 1. The number of hydrogen-bond donors (Lipinski definition) is 1. The molecule has 0 aliphatic carbocycles. The first kappa shape index (κ1) is 16.9. The molecule has 120 valence electrons. The number of aryl methyl sites for hydroxylation is 1.